The lowest BCUT2D eigenvalue weighted by molar-refractivity contribution is -0.120. The summed E-state index contributed by atoms with van der Waals surface area (Å²) < 4.78 is 5.12. The zero-order valence-electron chi connectivity index (χ0n) is 7.54. The van der Waals surface area contributed by atoms with Gasteiger partial charge in [0.2, 0.25) is 5.78 Å². The van der Waals surface area contributed by atoms with Crippen LogP contribution in [0.4, 0.5) is 0 Å². The monoisotopic (exact) mass is 169 g/mol. The van der Waals surface area contributed by atoms with E-state index in [1.165, 1.54) is 0 Å². The fraction of sp³-hybridized carbons (Fsp3) is 0.667. The first-order valence-corrected chi connectivity index (χ1v) is 4.25. The first-order valence-electron chi connectivity index (χ1n) is 4.25. The summed E-state index contributed by atoms with van der Waals surface area (Å²) in [7, 11) is 0. The maximum Gasteiger partial charge on any atom is 0.213 e. The molecule has 0 aliphatic carbocycles. The van der Waals surface area contributed by atoms with Crippen LogP contribution in [0, 0.1) is 5.92 Å². The van der Waals surface area contributed by atoms with Crippen LogP contribution in [-0.2, 0) is 9.53 Å². The maximum atomic E-state index is 11.5. The second kappa shape index (κ2) is 3.72. The van der Waals surface area contributed by atoms with Crippen LogP contribution in [0.3, 0.4) is 0 Å². The molecule has 0 aromatic rings. The van der Waals surface area contributed by atoms with Crippen molar-refractivity contribution in [3.8, 4) is 0 Å². The van der Waals surface area contributed by atoms with Gasteiger partial charge >= 0.3 is 0 Å². The molecule has 0 spiro atoms. The molecule has 12 heavy (non-hydrogen) atoms. The summed E-state index contributed by atoms with van der Waals surface area (Å²) in [6.07, 6.45) is 2.64. The Morgan fingerprint density at radius 2 is 2.33 bits per heavy atom. The van der Waals surface area contributed by atoms with E-state index in [1.54, 1.807) is 0 Å². The van der Waals surface area contributed by atoms with E-state index in [0.717, 1.165) is 6.42 Å². The molecule has 1 unspecified atom stereocenters. The predicted molar refractivity (Wildman–Crippen MR) is 46.5 cm³/mol. The van der Waals surface area contributed by atoms with Gasteiger partial charge < -0.3 is 10.5 Å². The van der Waals surface area contributed by atoms with E-state index in [2.05, 4.69) is 0 Å². The van der Waals surface area contributed by atoms with E-state index in [9.17, 15) is 4.79 Å². The van der Waals surface area contributed by atoms with Gasteiger partial charge in [-0.1, -0.05) is 13.8 Å². The highest BCUT2D eigenvalue weighted by atomic mass is 16.5. The predicted octanol–water partition coefficient (Wildman–Crippen LogP) is 0.843. The molecule has 0 aromatic heterocycles. The Hall–Kier alpha value is -0.830. The Balaban J connectivity index is 2.57. The van der Waals surface area contributed by atoms with Crippen molar-refractivity contribution in [1.82, 2.24) is 0 Å². The summed E-state index contributed by atoms with van der Waals surface area (Å²) in [5.74, 6) is 0.557. The van der Waals surface area contributed by atoms with Crippen LogP contribution < -0.4 is 5.73 Å². The lowest BCUT2D eigenvalue weighted by Gasteiger charge is -2.14. The Bertz CT molecular complexity index is 209. The standard InChI is InChI=1S/C9H15NO2/c1-6(2)8(10)9(11)7-4-3-5-12-7/h4,6,8H,3,5,10H2,1-2H3. The van der Waals surface area contributed by atoms with Gasteiger partial charge in [-0.25, -0.2) is 0 Å². The molecular formula is C9H15NO2. The van der Waals surface area contributed by atoms with Crippen molar-refractivity contribution in [2.24, 2.45) is 11.7 Å². The molecule has 1 aliphatic heterocycles. The molecule has 0 bridgehead atoms. The second-order valence-corrected chi connectivity index (χ2v) is 3.34. The van der Waals surface area contributed by atoms with Crippen molar-refractivity contribution in [1.29, 1.82) is 0 Å². The molecule has 0 radical (unpaired) electrons. The molecule has 0 fully saturated rings. The third kappa shape index (κ3) is 1.85. The average molecular weight is 169 g/mol. The number of ketones is 1. The molecule has 68 valence electrons. The highest BCUT2D eigenvalue weighted by Gasteiger charge is 2.23. The maximum absolute atomic E-state index is 11.5. The quantitative estimate of drug-likeness (QED) is 0.681. The summed E-state index contributed by atoms with van der Waals surface area (Å²) in [5.41, 5.74) is 5.67. The van der Waals surface area contributed by atoms with Crippen molar-refractivity contribution in [3.05, 3.63) is 11.8 Å². The summed E-state index contributed by atoms with van der Waals surface area (Å²) in [5, 5.41) is 0. The molecule has 3 heteroatoms. The van der Waals surface area contributed by atoms with Crippen molar-refractivity contribution in [3.63, 3.8) is 0 Å². The summed E-state index contributed by atoms with van der Waals surface area (Å²) in [4.78, 5) is 11.5. The number of ether oxygens (including phenoxy) is 1. The lowest BCUT2D eigenvalue weighted by atomic mass is 10.00. The minimum absolute atomic E-state index is 0.0671. The van der Waals surface area contributed by atoms with Crippen molar-refractivity contribution in [2.75, 3.05) is 6.61 Å². The first-order chi connectivity index (χ1) is 5.63. The van der Waals surface area contributed by atoms with Gasteiger partial charge in [0.15, 0.2) is 5.76 Å². The first kappa shape index (κ1) is 9.26. The number of carbonyl (C=O) groups is 1. The molecule has 1 heterocycles. The lowest BCUT2D eigenvalue weighted by Crippen LogP contribution is -2.36. The van der Waals surface area contributed by atoms with Gasteiger partial charge in [0.05, 0.1) is 12.6 Å². The van der Waals surface area contributed by atoms with Crippen molar-refractivity contribution in [2.45, 2.75) is 26.3 Å². The summed E-state index contributed by atoms with van der Waals surface area (Å²) >= 11 is 0. The van der Waals surface area contributed by atoms with Gasteiger partial charge in [-0.3, -0.25) is 4.79 Å². The third-order valence-corrected chi connectivity index (χ3v) is 1.97. The molecule has 1 atom stereocenters. The fourth-order valence-electron chi connectivity index (χ4n) is 1.06. The van der Waals surface area contributed by atoms with Crippen LogP contribution in [0.25, 0.3) is 0 Å². The van der Waals surface area contributed by atoms with Gasteiger partial charge in [0.25, 0.3) is 0 Å². The van der Waals surface area contributed by atoms with Crippen LogP contribution in [0.2, 0.25) is 0 Å². The molecule has 0 aromatic carbocycles. The Kier molecular flexibility index (Phi) is 2.87. The number of rotatable bonds is 3. The SMILES string of the molecule is CC(C)C(N)C(=O)C1=CCCO1. The Morgan fingerprint density at radius 3 is 2.75 bits per heavy atom. The van der Waals surface area contributed by atoms with Gasteiger partial charge in [-0.05, 0) is 12.0 Å². The highest BCUT2D eigenvalue weighted by molar-refractivity contribution is 5.97. The molecule has 0 saturated carbocycles. The van der Waals surface area contributed by atoms with E-state index in [0.29, 0.717) is 12.4 Å². The second-order valence-electron chi connectivity index (χ2n) is 3.34. The summed E-state index contributed by atoms with van der Waals surface area (Å²) in [6.45, 7) is 4.47. The van der Waals surface area contributed by atoms with E-state index < -0.39 is 6.04 Å². The van der Waals surface area contributed by atoms with E-state index in [-0.39, 0.29) is 11.7 Å². The van der Waals surface area contributed by atoms with Crippen LogP contribution in [0.1, 0.15) is 20.3 Å². The van der Waals surface area contributed by atoms with Crippen LogP contribution in [0.15, 0.2) is 11.8 Å². The minimum Gasteiger partial charge on any atom is -0.490 e. The van der Waals surface area contributed by atoms with E-state index in [1.807, 2.05) is 19.9 Å². The molecule has 3 nitrogen and oxygen atoms in total. The number of nitrogens with two attached hydrogens (primary N) is 1. The molecule has 2 N–H and O–H groups in total. The van der Waals surface area contributed by atoms with Gasteiger partial charge in [0.1, 0.15) is 0 Å². The van der Waals surface area contributed by atoms with Crippen LogP contribution >= 0.6 is 0 Å². The molecule has 1 aliphatic rings. The van der Waals surface area contributed by atoms with Crippen LogP contribution in [-0.4, -0.2) is 18.4 Å². The Morgan fingerprint density at radius 1 is 1.67 bits per heavy atom. The summed E-state index contributed by atoms with van der Waals surface area (Å²) in [6, 6.07) is -0.422. The normalized spacial score (nSPS) is 18.8. The minimum atomic E-state index is -0.422. The molecule has 0 saturated heterocycles. The van der Waals surface area contributed by atoms with Crippen LogP contribution in [0.5, 0.6) is 0 Å². The largest absolute Gasteiger partial charge is 0.490 e. The van der Waals surface area contributed by atoms with Crippen molar-refractivity contribution < 1.29 is 9.53 Å². The zero-order valence-corrected chi connectivity index (χ0v) is 7.54. The van der Waals surface area contributed by atoms with E-state index in [4.69, 9.17) is 10.5 Å². The van der Waals surface area contributed by atoms with E-state index >= 15 is 0 Å². The molecule has 0 amide bonds. The molecular weight excluding hydrogens is 154 g/mol. The average Bonchev–Trinajstić information content (AvgIpc) is 2.53. The van der Waals surface area contributed by atoms with Gasteiger partial charge in [-0.15, -0.1) is 0 Å². The number of Topliss-reactive ketones (excluding diaryl/α,β-unsaturated/α-hetero) is 1. The number of carbonyl (C=O) groups excluding carboxylic acids is 1. The third-order valence-electron chi connectivity index (χ3n) is 1.97. The topological polar surface area (TPSA) is 52.3 Å². The number of hydrogen-bond donors (Lipinski definition) is 1. The molecule has 1 rings (SSSR count). The van der Waals surface area contributed by atoms with Gasteiger partial charge in [0, 0.05) is 6.42 Å². The number of hydrogen-bond acceptors (Lipinski definition) is 3. The highest BCUT2D eigenvalue weighted by Crippen LogP contribution is 2.14. The fourth-order valence-corrected chi connectivity index (χ4v) is 1.06. The zero-order chi connectivity index (χ0) is 9.14. The Labute approximate surface area is 72.6 Å². The van der Waals surface area contributed by atoms with Gasteiger partial charge in [-0.2, -0.15) is 0 Å². The smallest absolute Gasteiger partial charge is 0.213 e. The van der Waals surface area contributed by atoms with Crippen molar-refractivity contribution >= 4 is 5.78 Å².